The van der Waals surface area contributed by atoms with Crippen LogP contribution in [-0.2, 0) is 14.8 Å². The molecule has 0 radical (unpaired) electrons. The molecule has 0 amide bonds. The van der Waals surface area contributed by atoms with Crippen LogP contribution >= 0.6 is 11.6 Å². The summed E-state index contributed by atoms with van der Waals surface area (Å²) in [6, 6.07) is 14.7. The molecular formula is C17H12ClNO3S. The lowest BCUT2D eigenvalue weighted by atomic mass is 10.2. The normalized spacial score (nSPS) is 10.8. The SMILES string of the molecule is O=C(Cl)C=CC#Cc1ccc(S(=O)(=O)Nc2ccccc2)cc1. The van der Waals surface area contributed by atoms with Crippen LogP contribution in [0, 0.1) is 11.8 Å². The summed E-state index contributed by atoms with van der Waals surface area (Å²) in [5, 5.41) is -0.604. The van der Waals surface area contributed by atoms with Gasteiger partial charge in [0.05, 0.1) is 4.90 Å². The van der Waals surface area contributed by atoms with Gasteiger partial charge >= 0.3 is 0 Å². The number of allylic oxidation sites excluding steroid dienone is 2. The lowest BCUT2D eigenvalue weighted by Crippen LogP contribution is -2.12. The van der Waals surface area contributed by atoms with Gasteiger partial charge < -0.3 is 0 Å². The molecule has 0 spiro atoms. The van der Waals surface area contributed by atoms with Crippen LogP contribution in [0.1, 0.15) is 5.56 Å². The Morgan fingerprint density at radius 1 is 1.04 bits per heavy atom. The Kier molecular flexibility index (Phi) is 5.58. The van der Waals surface area contributed by atoms with Crippen LogP contribution in [0.4, 0.5) is 5.69 Å². The van der Waals surface area contributed by atoms with Crippen molar-refractivity contribution in [3.05, 3.63) is 72.3 Å². The van der Waals surface area contributed by atoms with Gasteiger partial charge in [0.1, 0.15) is 0 Å². The summed E-state index contributed by atoms with van der Waals surface area (Å²) >= 11 is 5.13. The first-order valence-electron chi connectivity index (χ1n) is 6.53. The van der Waals surface area contributed by atoms with Crippen molar-refractivity contribution < 1.29 is 13.2 Å². The summed E-state index contributed by atoms with van der Waals surface area (Å²) in [4.78, 5) is 10.6. The number of carbonyl (C=O) groups excluding carboxylic acids is 1. The molecule has 116 valence electrons. The van der Waals surface area contributed by atoms with Crippen LogP contribution < -0.4 is 4.72 Å². The highest BCUT2D eigenvalue weighted by atomic mass is 35.5. The zero-order chi connectivity index (χ0) is 16.7. The smallest absolute Gasteiger partial charge is 0.261 e. The molecule has 0 atom stereocenters. The summed E-state index contributed by atoms with van der Waals surface area (Å²) in [6.07, 6.45) is 2.47. The van der Waals surface area contributed by atoms with Gasteiger partial charge in [-0.3, -0.25) is 9.52 Å². The van der Waals surface area contributed by atoms with Gasteiger partial charge in [-0.15, -0.1) is 0 Å². The average Bonchev–Trinajstić information content (AvgIpc) is 2.52. The van der Waals surface area contributed by atoms with E-state index in [0.29, 0.717) is 11.3 Å². The van der Waals surface area contributed by atoms with Gasteiger partial charge in [0, 0.05) is 17.3 Å². The van der Waals surface area contributed by atoms with Crippen molar-refractivity contribution in [2.75, 3.05) is 4.72 Å². The van der Waals surface area contributed by atoms with E-state index in [-0.39, 0.29) is 4.90 Å². The molecule has 2 rings (SSSR count). The number of para-hydroxylation sites is 1. The predicted octanol–water partition coefficient (Wildman–Crippen LogP) is 3.16. The zero-order valence-electron chi connectivity index (χ0n) is 11.9. The zero-order valence-corrected chi connectivity index (χ0v) is 13.4. The third-order valence-electron chi connectivity index (χ3n) is 2.70. The second-order valence-electron chi connectivity index (χ2n) is 4.40. The molecule has 0 fully saturated rings. The van der Waals surface area contributed by atoms with Crippen molar-refractivity contribution in [3.8, 4) is 11.8 Å². The van der Waals surface area contributed by atoms with E-state index in [1.165, 1.54) is 18.2 Å². The first kappa shape index (κ1) is 16.8. The monoisotopic (exact) mass is 345 g/mol. The van der Waals surface area contributed by atoms with Crippen molar-refractivity contribution >= 4 is 32.6 Å². The summed E-state index contributed by atoms with van der Waals surface area (Å²) in [7, 11) is -3.64. The number of sulfonamides is 1. The molecule has 23 heavy (non-hydrogen) atoms. The van der Waals surface area contributed by atoms with Crippen LogP contribution in [0.15, 0.2) is 71.6 Å². The van der Waals surface area contributed by atoms with E-state index in [2.05, 4.69) is 16.6 Å². The highest BCUT2D eigenvalue weighted by Gasteiger charge is 2.13. The summed E-state index contributed by atoms with van der Waals surface area (Å²) < 4.78 is 27.0. The molecule has 0 heterocycles. The minimum atomic E-state index is -3.64. The van der Waals surface area contributed by atoms with Crippen LogP contribution in [0.2, 0.25) is 0 Å². The highest BCUT2D eigenvalue weighted by molar-refractivity contribution is 7.92. The standard InChI is InChI=1S/C17H12ClNO3S/c18-17(20)9-5-4-6-14-10-12-16(13-11-14)23(21,22)19-15-7-2-1-3-8-15/h1-3,5,7-13,19H. The largest absolute Gasteiger partial charge is 0.280 e. The Bertz CT molecular complexity index is 877. The van der Waals surface area contributed by atoms with Gasteiger partial charge in [0.15, 0.2) is 0 Å². The predicted molar refractivity (Wildman–Crippen MR) is 90.6 cm³/mol. The van der Waals surface area contributed by atoms with Gasteiger partial charge in [-0.1, -0.05) is 30.0 Å². The fraction of sp³-hybridized carbons (Fsp3) is 0. The van der Waals surface area contributed by atoms with Crippen molar-refractivity contribution in [2.24, 2.45) is 0 Å². The van der Waals surface area contributed by atoms with Crippen LogP contribution in [-0.4, -0.2) is 13.7 Å². The molecule has 0 unspecified atom stereocenters. The van der Waals surface area contributed by atoms with E-state index < -0.39 is 15.3 Å². The molecule has 0 aliphatic rings. The molecule has 2 aromatic rings. The maximum atomic E-state index is 12.2. The maximum Gasteiger partial charge on any atom is 0.261 e. The van der Waals surface area contributed by atoms with Crippen molar-refractivity contribution in [3.63, 3.8) is 0 Å². The van der Waals surface area contributed by atoms with E-state index in [9.17, 15) is 13.2 Å². The first-order valence-corrected chi connectivity index (χ1v) is 8.39. The lowest BCUT2D eigenvalue weighted by molar-refractivity contribution is -0.107. The summed E-state index contributed by atoms with van der Waals surface area (Å²) in [5.74, 6) is 5.40. The van der Waals surface area contributed by atoms with Crippen LogP contribution in [0.3, 0.4) is 0 Å². The van der Waals surface area contributed by atoms with Gasteiger partial charge in [0.2, 0.25) is 5.24 Å². The fourth-order valence-corrected chi connectivity index (χ4v) is 2.79. The van der Waals surface area contributed by atoms with E-state index in [1.807, 2.05) is 0 Å². The average molecular weight is 346 g/mol. The number of carbonyl (C=O) groups is 1. The topological polar surface area (TPSA) is 63.2 Å². The molecular weight excluding hydrogens is 334 g/mol. The Morgan fingerprint density at radius 2 is 1.70 bits per heavy atom. The number of benzene rings is 2. The Balaban J connectivity index is 2.14. The Morgan fingerprint density at radius 3 is 2.30 bits per heavy atom. The number of hydrogen-bond donors (Lipinski definition) is 1. The molecule has 1 N–H and O–H groups in total. The molecule has 0 aromatic heterocycles. The molecule has 0 saturated heterocycles. The minimum absolute atomic E-state index is 0.137. The molecule has 2 aromatic carbocycles. The van der Waals surface area contributed by atoms with Gasteiger partial charge in [-0.25, -0.2) is 8.42 Å². The number of rotatable bonds is 4. The molecule has 0 bridgehead atoms. The number of anilines is 1. The number of nitrogens with one attached hydrogen (secondary N) is 1. The molecule has 0 saturated carbocycles. The first-order chi connectivity index (χ1) is 11.0. The number of halogens is 1. The van der Waals surface area contributed by atoms with E-state index in [1.54, 1.807) is 42.5 Å². The maximum absolute atomic E-state index is 12.2. The van der Waals surface area contributed by atoms with E-state index in [0.717, 1.165) is 6.08 Å². The molecule has 0 aliphatic carbocycles. The Hall–Kier alpha value is -2.55. The molecule has 0 aliphatic heterocycles. The fourth-order valence-electron chi connectivity index (χ4n) is 1.67. The third-order valence-corrected chi connectivity index (χ3v) is 4.23. The minimum Gasteiger partial charge on any atom is -0.280 e. The molecule has 4 nitrogen and oxygen atoms in total. The van der Waals surface area contributed by atoms with E-state index in [4.69, 9.17) is 11.6 Å². The summed E-state index contributed by atoms with van der Waals surface area (Å²) in [6.45, 7) is 0. The van der Waals surface area contributed by atoms with Gasteiger partial charge in [-0.05, 0) is 54.1 Å². The Labute approximate surface area is 139 Å². The second kappa shape index (κ2) is 7.63. The van der Waals surface area contributed by atoms with Crippen molar-refractivity contribution in [2.45, 2.75) is 4.90 Å². The van der Waals surface area contributed by atoms with Gasteiger partial charge in [-0.2, -0.15) is 0 Å². The lowest BCUT2D eigenvalue weighted by Gasteiger charge is -2.07. The van der Waals surface area contributed by atoms with E-state index >= 15 is 0 Å². The third kappa shape index (κ3) is 5.29. The van der Waals surface area contributed by atoms with Crippen LogP contribution in [0.25, 0.3) is 0 Å². The van der Waals surface area contributed by atoms with Crippen LogP contribution in [0.5, 0.6) is 0 Å². The summed E-state index contributed by atoms with van der Waals surface area (Å²) in [5.41, 5.74) is 1.11. The second-order valence-corrected chi connectivity index (χ2v) is 6.46. The highest BCUT2D eigenvalue weighted by Crippen LogP contribution is 2.16. The quantitative estimate of drug-likeness (QED) is 0.526. The van der Waals surface area contributed by atoms with Crippen molar-refractivity contribution in [1.82, 2.24) is 0 Å². The van der Waals surface area contributed by atoms with Crippen molar-refractivity contribution in [1.29, 1.82) is 0 Å². The van der Waals surface area contributed by atoms with Gasteiger partial charge in [0.25, 0.3) is 10.0 Å². The number of hydrogen-bond acceptors (Lipinski definition) is 3. The molecule has 6 heteroatoms.